The third kappa shape index (κ3) is 3.40. The van der Waals surface area contributed by atoms with Crippen LogP contribution in [-0.4, -0.2) is 15.5 Å². The number of ether oxygens (including phenoxy) is 1. The maximum absolute atomic E-state index is 12.3. The summed E-state index contributed by atoms with van der Waals surface area (Å²) < 4.78 is 35.7. The second kappa shape index (κ2) is 6.38. The molecule has 0 fully saturated rings. The Kier molecular flexibility index (Phi) is 4.74. The van der Waals surface area contributed by atoms with Gasteiger partial charge >= 0.3 is 10.1 Å². The lowest BCUT2D eigenvalue weighted by Crippen LogP contribution is -2.10. The van der Waals surface area contributed by atoms with E-state index in [0.29, 0.717) is 5.56 Å². The number of rotatable bonds is 4. The van der Waals surface area contributed by atoms with Crippen LogP contribution in [0.2, 0.25) is 0 Å². The Morgan fingerprint density at radius 2 is 1.86 bits per heavy atom. The van der Waals surface area contributed by atoms with Gasteiger partial charge in [0.15, 0.2) is 11.5 Å². The van der Waals surface area contributed by atoms with Gasteiger partial charge in [-0.25, -0.2) is 0 Å². The minimum atomic E-state index is -3.99. The van der Waals surface area contributed by atoms with Crippen molar-refractivity contribution in [1.29, 1.82) is 5.26 Å². The molecule has 0 aliphatic carbocycles. The van der Waals surface area contributed by atoms with Gasteiger partial charge in [0.1, 0.15) is 4.90 Å². The highest BCUT2D eigenvalue weighted by Gasteiger charge is 2.20. The number of hydrogen-bond donors (Lipinski definition) is 0. The largest absolute Gasteiger partial charge is 0.493 e. The molecule has 2 aromatic carbocycles. The zero-order valence-electron chi connectivity index (χ0n) is 11.8. The van der Waals surface area contributed by atoms with Gasteiger partial charge < -0.3 is 8.92 Å². The Bertz CT molecular complexity index is 856. The monoisotopic (exact) mass is 381 g/mol. The topological polar surface area (TPSA) is 76.4 Å². The molecule has 2 rings (SSSR count). The first-order valence-electron chi connectivity index (χ1n) is 6.16. The standard InChI is InChI=1S/C15H12BrNO4S/c1-10-7-12(4-5-13(10)16)22(18,19)21-14-6-3-11(9-17)8-15(14)20-2/h3-8H,1-2H3. The van der Waals surface area contributed by atoms with Gasteiger partial charge in [-0.15, -0.1) is 0 Å². The molecule has 5 nitrogen and oxygen atoms in total. The van der Waals surface area contributed by atoms with E-state index in [1.165, 1.54) is 37.4 Å². The Labute approximate surface area is 137 Å². The molecule has 0 aromatic heterocycles. The van der Waals surface area contributed by atoms with Gasteiger partial charge in [-0.3, -0.25) is 0 Å². The highest BCUT2D eigenvalue weighted by molar-refractivity contribution is 9.10. The van der Waals surface area contributed by atoms with Crippen LogP contribution in [0.25, 0.3) is 0 Å². The molecule has 0 spiro atoms. The summed E-state index contributed by atoms with van der Waals surface area (Å²) in [7, 11) is -2.61. The van der Waals surface area contributed by atoms with Crippen LogP contribution in [0.4, 0.5) is 0 Å². The van der Waals surface area contributed by atoms with Crippen LogP contribution in [0.15, 0.2) is 45.8 Å². The summed E-state index contributed by atoms with van der Waals surface area (Å²) in [6.07, 6.45) is 0. The summed E-state index contributed by atoms with van der Waals surface area (Å²) in [6, 6.07) is 10.8. The first-order valence-corrected chi connectivity index (χ1v) is 8.36. The summed E-state index contributed by atoms with van der Waals surface area (Å²) in [5.41, 5.74) is 1.12. The third-order valence-corrected chi connectivity index (χ3v) is 5.03. The average Bonchev–Trinajstić information content (AvgIpc) is 2.50. The minimum absolute atomic E-state index is 0.0297. The van der Waals surface area contributed by atoms with Gasteiger partial charge in [0.25, 0.3) is 0 Å². The molecule has 0 unspecified atom stereocenters. The fourth-order valence-corrected chi connectivity index (χ4v) is 3.02. The lowest BCUT2D eigenvalue weighted by atomic mass is 10.2. The molecule has 0 aliphatic heterocycles. The molecule has 0 heterocycles. The van der Waals surface area contributed by atoms with E-state index in [0.717, 1.165) is 10.0 Å². The summed E-state index contributed by atoms with van der Waals surface area (Å²) in [6.45, 7) is 1.78. The SMILES string of the molecule is COc1cc(C#N)ccc1OS(=O)(=O)c1ccc(Br)c(C)c1. The van der Waals surface area contributed by atoms with Crippen LogP contribution >= 0.6 is 15.9 Å². The molecular weight excluding hydrogens is 370 g/mol. The molecule has 22 heavy (non-hydrogen) atoms. The van der Waals surface area contributed by atoms with Gasteiger partial charge in [0, 0.05) is 10.5 Å². The summed E-state index contributed by atoms with van der Waals surface area (Å²) in [4.78, 5) is 0.0413. The van der Waals surface area contributed by atoms with Gasteiger partial charge in [0.2, 0.25) is 0 Å². The number of aryl methyl sites for hydroxylation is 1. The summed E-state index contributed by atoms with van der Waals surface area (Å²) >= 11 is 3.32. The Morgan fingerprint density at radius 1 is 1.14 bits per heavy atom. The molecule has 0 N–H and O–H groups in total. The normalized spacial score (nSPS) is 10.8. The van der Waals surface area contributed by atoms with Crippen molar-refractivity contribution in [2.45, 2.75) is 11.8 Å². The van der Waals surface area contributed by atoms with Crippen LogP contribution in [-0.2, 0) is 10.1 Å². The molecule has 0 amide bonds. The Hall–Kier alpha value is -2.04. The molecule has 0 bridgehead atoms. The van der Waals surface area contributed by atoms with Gasteiger partial charge in [-0.2, -0.15) is 13.7 Å². The second-order valence-corrected chi connectivity index (χ2v) is 6.83. The van der Waals surface area contributed by atoms with Crippen LogP contribution < -0.4 is 8.92 Å². The zero-order valence-corrected chi connectivity index (χ0v) is 14.2. The highest BCUT2D eigenvalue weighted by atomic mass is 79.9. The molecular formula is C15H12BrNO4S. The number of hydrogen-bond acceptors (Lipinski definition) is 5. The van der Waals surface area contributed by atoms with Crippen molar-refractivity contribution in [2.75, 3.05) is 7.11 Å². The third-order valence-electron chi connectivity index (χ3n) is 2.91. The van der Waals surface area contributed by atoms with E-state index in [4.69, 9.17) is 14.2 Å². The van der Waals surface area contributed by atoms with Crippen LogP contribution in [0, 0.1) is 18.3 Å². The maximum atomic E-state index is 12.3. The number of nitriles is 1. The van der Waals surface area contributed by atoms with E-state index in [9.17, 15) is 8.42 Å². The van der Waals surface area contributed by atoms with Crippen molar-refractivity contribution in [3.8, 4) is 17.6 Å². The van der Waals surface area contributed by atoms with Crippen LogP contribution in [0.1, 0.15) is 11.1 Å². The predicted octanol–water partition coefficient (Wildman–Crippen LogP) is 3.41. The first kappa shape index (κ1) is 16.3. The minimum Gasteiger partial charge on any atom is -0.493 e. The van der Waals surface area contributed by atoms with Crippen molar-refractivity contribution in [2.24, 2.45) is 0 Å². The molecule has 0 saturated heterocycles. The van der Waals surface area contributed by atoms with E-state index >= 15 is 0 Å². The van der Waals surface area contributed by atoms with Crippen molar-refractivity contribution in [3.05, 3.63) is 52.0 Å². The molecule has 0 atom stereocenters. The van der Waals surface area contributed by atoms with Crippen LogP contribution in [0.5, 0.6) is 11.5 Å². The summed E-state index contributed by atoms with van der Waals surface area (Å²) in [5, 5.41) is 8.85. The number of methoxy groups -OCH3 is 1. The van der Waals surface area contributed by atoms with Gasteiger partial charge in [0.05, 0.1) is 18.7 Å². The Balaban J connectivity index is 2.40. The van der Waals surface area contributed by atoms with Crippen molar-refractivity contribution >= 4 is 26.0 Å². The molecule has 2 aromatic rings. The lowest BCUT2D eigenvalue weighted by Gasteiger charge is -2.11. The molecule has 7 heteroatoms. The smallest absolute Gasteiger partial charge is 0.339 e. The molecule has 0 saturated carbocycles. The molecule has 0 radical (unpaired) electrons. The van der Waals surface area contributed by atoms with Gasteiger partial charge in [-0.05, 0) is 42.8 Å². The van der Waals surface area contributed by atoms with Crippen molar-refractivity contribution in [3.63, 3.8) is 0 Å². The van der Waals surface area contributed by atoms with E-state index in [1.807, 2.05) is 6.07 Å². The number of halogens is 1. The van der Waals surface area contributed by atoms with E-state index < -0.39 is 10.1 Å². The fourth-order valence-electron chi connectivity index (χ4n) is 1.74. The maximum Gasteiger partial charge on any atom is 0.339 e. The van der Waals surface area contributed by atoms with E-state index in [1.54, 1.807) is 13.0 Å². The number of benzene rings is 2. The van der Waals surface area contributed by atoms with Crippen LogP contribution in [0.3, 0.4) is 0 Å². The molecule has 114 valence electrons. The quantitative estimate of drug-likeness (QED) is 0.758. The van der Waals surface area contributed by atoms with Crippen molar-refractivity contribution < 1.29 is 17.3 Å². The van der Waals surface area contributed by atoms with E-state index in [2.05, 4.69) is 15.9 Å². The second-order valence-electron chi connectivity index (χ2n) is 4.43. The first-order chi connectivity index (χ1) is 10.4. The highest BCUT2D eigenvalue weighted by Crippen LogP contribution is 2.31. The van der Waals surface area contributed by atoms with Crippen molar-refractivity contribution in [1.82, 2.24) is 0 Å². The zero-order chi connectivity index (χ0) is 16.3. The lowest BCUT2D eigenvalue weighted by molar-refractivity contribution is 0.390. The fraction of sp³-hybridized carbons (Fsp3) is 0.133. The predicted molar refractivity (Wildman–Crippen MR) is 84.4 cm³/mol. The van der Waals surface area contributed by atoms with E-state index in [-0.39, 0.29) is 16.4 Å². The number of nitrogens with zero attached hydrogens (tertiary/aromatic N) is 1. The Morgan fingerprint density at radius 3 is 2.45 bits per heavy atom. The molecule has 0 aliphatic rings. The average molecular weight is 382 g/mol. The van der Waals surface area contributed by atoms with Gasteiger partial charge in [-0.1, -0.05) is 15.9 Å². The summed E-state index contributed by atoms with van der Waals surface area (Å²) in [5.74, 6) is 0.207.